The van der Waals surface area contributed by atoms with Gasteiger partial charge in [-0.3, -0.25) is 0 Å². The van der Waals surface area contributed by atoms with E-state index in [0.29, 0.717) is 5.56 Å². The largest absolute Gasteiger partial charge is 0.444 e. The molecule has 6 heteroatoms. The summed E-state index contributed by atoms with van der Waals surface area (Å²) in [6.07, 6.45) is -0.418. The van der Waals surface area contributed by atoms with Crippen molar-refractivity contribution in [2.45, 2.75) is 38.4 Å². The smallest absolute Gasteiger partial charge is 0.410 e. The molecule has 116 valence electrons. The maximum absolute atomic E-state index is 13.1. The van der Waals surface area contributed by atoms with Gasteiger partial charge in [-0.05, 0) is 38.5 Å². The molecule has 0 radical (unpaired) electrons. The van der Waals surface area contributed by atoms with Crippen LogP contribution < -0.4 is 0 Å². The Labute approximate surface area is 122 Å². The Morgan fingerprint density at radius 2 is 1.81 bits per heavy atom. The molecule has 0 bridgehead atoms. The highest BCUT2D eigenvalue weighted by atomic mass is 19.1. The molecule has 2 rings (SSSR count). The van der Waals surface area contributed by atoms with Crippen LogP contribution >= 0.6 is 0 Å². The van der Waals surface area contributed by atoms with Gasteiger partial charge in [-0.15, -0.1) is 0 Å². The lowest BCUT2D eigenvalue weighted by atomic mass is 9.87. The second-order valence-corrected chi connectivity index (χ2v) is 6.52. The number of halogens is 2. The first kappa shape index (κ1) is 15.7. The van der Waals surface area contributed by atoms with Gasteiger partial charge in [0.25, 0.3) is 0 Å². The number of aliphatic hydroxyl groups is 1. The van der Waals surface area contributed by atoms with Gasteiger partial charge in [0.15, 0.2) is 0 Å². The van der Waals surface area contributed by atoms with Crippen molar-refractivity contribution in [1.29, 1.82) is 0 Å². The van der Waals surface area contributed by atoms with Gasteiger partial charge in [0, 0.05) is 12.5 Å². The van der Waals surface area contributed by atoms with Crippen molar-refractivity contribution in [1.82, 2.24) is 4.90 Å². The van der Waals surface area contributed by atoms with Crippen LogP contribution in [0.4, 0.5) is 13.6 Å². The minimum Gasteiger partial charge on any atom is -0.444 e. The van der Waals surface area contributed by atoms with Crippen LogP contribution in [-0.2, 0) is 11.2 Å². The van der Waals surface area contributed by atoms with E-state index in [4.69, 9.17) is 4.74 Å². The molecule has 1 aromatic rings. The van der Waals surface area contributed by atoms with Crippen molar-refractivity contribution in [2.75, 3.05) is 13.1 Å². The number of β-amino-alcohol motifs (C(OH)–C–C–N with tert-alkyl or cyclic N) is 1. The molecule has 0 aromatic heterocycles. The number of benzene rings is 1. The number of carbonyl (C=O) groups is 1. The first-order chi connectivity index (χ1) is 9.56. The van der Waals surface area contributed by atoms with Crippen LogP contribution in [0.25, 0.3) is 0 Å². The topological polar surface area (TPSA) is 49.8 Å². The molecular weight excluding hydrogens is 280 g/mol. The Morgan fingerprint density at radius 3 is 2.29 bits per heavy atom. The van der Waals surface area contributed by atoms with Crippen LogP contribution in [0.2, 0.25) is 0 Å². The summed E-state index contributed by atoms with van der Waals surface area (Å²) in [4.78, 5) is 13.1. The van der Waals surface area contributed by atoms with Gasteiger partial charge in [0.05, 0.1) is 13.1 Å². The number of hydrogen-bond donors (Lipinski definition) is 1. The van der Waals surface area contributed by atoms with Crippen molar-refractivity contribution in [2.24, 2.45) is 0 Å². The lowest BCUT2D eigenvalue weighted by Gasteiger charge is -2.46. The third-order valence-electron chi connectivity index (χ3n) is 3.08. The van der Waals surface area contributed by atoms with Crippen LogP contribution in [0, 0.1) is 11.6 Å². The maximum atomic E-state index is 13.1. The number of likely N-dealkylation sites (tertiary alicyclic amines) is 1. The van der Waals surface area contributed by atoms with Crippen molar-refractivity contribution in [3.05, 3.63) is 35.4 Å². The maximum Gasteiger partial charge on any atom is 0.410 e. The lowest BCUT2D eigenvalue weighted by molar-refractivity contribution is -0.0974. The zero-order valence-electron chi connectivity index (χ0n) is 12.3. The number of amides is 1. The molecule has 1 heterocycles. The van der Waals surface area contributed by atoms with Crippen molar-refractivity contribution in [3.8, 4) is 0 Å². The summed E-state index contributed by atoms with van der Waals surface area (Å²) in [7, 11) is 0. The normalized spacial score (nSPS) is 17.3. The minimum atomic E-state index is -1.17. The van der Waals surface area contributed by atoms with E-state index >= 15 is 0 Å². The number of nitrogens with zero attached hydrogens (tertiary/aromatic N) is 1. The number of hydrogen-bond acceptors (Lipinski definition) is 3. The van der Waals surface area contributed by atoms with Crippen molar-refractivity contribution >= 4 is 6.09 Å². The van der Waals surface area contributed by atoms with Gasteiger partial charge in [-0.2, -0.15) is 0 Å². The minimum absolute atomic E-state index is 0.0834. The average molecular weight is 299 g/mol. The molecule has 1 aliphatic heterocycles. The number of ether oxygens (including phenoxy) is 1. The Morgan fingerprint density at radius 1 is 1.29 bits per heavy atom. The standard InChI is InChI=1S/C15H19F2NO3/c1-14(2,3)21-13(19)18-8-15(20,9-18)7-10-4-11(16)6-12(17)5-10/h4-6,20H,7-9H2,1-3H3. The van der Waals surface area contributed by atoms with Crippen LogP contribution in [-0.4, -0.2) is 40.4 Å². The molecule has 0 saturated carbocycles. The zero-order chi connectivity index (χ0) is 15.8. The number of rotatable bonds is 2. The van der Waals surface area contributed by atoms with Crippen molar-refractivity contribution in [3.63, 3.8) is 0 Å². The highest BCUT2D eigenvalue weighted by Gasteiger charge is 2.45. The molecule has 1 fully saturated rings. The molecule has 0 spiro atoms. The van der Waals surface area contributed by atoms with Gasteiger partial charge >= 0.3 is 6.09 Å². The van der Waals surface area contributed by atoms with E-state index in [9.17, 15) is 18.7 Å². The summed E-state index contributed by atoms with van der Waals surface area (Å²) in [6.45, 7) is 5.44. The van der Waals surface area contributed by atoms with Gasteiger partial charge in [0.1, 0.15) is 22.8 Å². The molecule has 1 amide bonds. The molecule has 1 saturated heterocycles. The summed E-state index contributed by atoms with van der Waals surface area (Å²) in [5, 5.41) is 10.3. The fourth-order valence-electron chi connectivity index (χ4n) is 2.32. The Hall–Kier alpha value is -1.69. The van der Waals surface area contributed by atoms with E-state index in [1.54, 1.807) is 20.8 Å². The molecule has 0 atom stereocenters. The molecule has 0 aliphatic carbocycles. The first-order valence-electron chi connectivity index (χ1n) is 6.72. The van der Waals surface area contributed by atoms with E-state index in [0.717, 1.165) is 6.07 Å². The predicted molar refractivity (Wildman–Crippen MR) is 72.8 cm³/mol. The van der Waals surface area contributed by atoms with E-state index < -0.39 is 28.9 Å². The van der Waals surface area contributed by atoms with E-state index in [-0.39, 0.29) is 19.5 Å². The van der Waals surface area contributed by atoms with E-state index in [2.05, 4.69) is 0 Å². The Balaban J connectivity index is 1.94. The second kappa shape index (κ2) is 5.26. The van der Waals surface area contributed by atoms with E-state index in [1.807, 2.05) is 0 Å². The van der Waals surface area contributed by atoms with Crippen LogP contribution in [0.1, 0.15) is 26.3 Å². The third kappa shape index (κ3) is 4.14. The molecule has 1 aromatic carbocycles. The van der Waals surface area contributed by atoms with Crippen LogP contribution in [0.3, 0.4) is 0 Å². The Kier molecular flexibility index (Phi) is 3.93. The lowest BCUT2D eigenvalue weighted by Crippen LogP contribution is -2.65. The SMILES string of the molecule is CC(C)(C)OC(=O)N1CC(O)(Cc2cc(F)cc(F)c2)C1. The number of carbonyl (C=O) groups excluding carboxylic acids is 1. The highest BCUT2D eigenvalue weighted by molar-refractivity contribution is 5.69. The van der Waals surface area contributed by atoms with Gasteiger partial charge in [0.2, 0.25) is 0 Å². The molecule has 1 N–H and O–H groups in total. The summed E-state index contributed by atoms with van der Waals surface area (Å²) < 4.78 is 31.4. The third-order valence-corrected chi connectivity index (χ3v) is 3.08. The Bertz CT molecular complexity index is 528. The fourth-order valence-corrected chi connectivity index (χ4v) is 2.32. The highest BCUT2D eigenvalue weighted by Crippen LogP contribution is 2.27. The summed E-state index contributed by atoms with van der Waals surface area (Å²) in [5.41, 5.74) is -1.41. The monoisotopic (exact) mass is 299 g/mol. The van der Waals surface area contributed by atoms with Crippen LogP contribution in [0.15, 0.2) is 18.2 Å². The average Bonchev–Trinajstić information content (AvgIpc) is 2.21. The molecule has 0 unspecified atom stereocenters. The predicted octanol–water partition coefficient (Wildman–Crippen LogP) is 2.49. The van der Waals surface area contributed by atoms with Gasteiger partial charge in [-0.25, -0.2) is 13.6 Å². The quantitative estimate of drug-likeness (QED) is 0.913. The molecule has 4 nitrogen and oxygen atoms in total. The molecule has 21 heavy (non-hydrogen) atoms. The summed E-state index contributed by atoms with van der Waals surface area (Å²) in [5.74, 6) is -1.37. The van der Waals surface area contributed by atoms with Crippen LogP contribution in [0.5, 0.6) is 0 Å². The van der Waals surface area contributed by atoms with E-state index in [1.165, 1.54) is 17.0 Å². The summed E-state index contributed by atoms with van der Waals surface area (Å²) >= 11 is 0. The zero-order valence-corrected chi connectivity index (χ0v) is 12.3. The van der Waals surface area contributed by atoms with Gasteiger partial charge in [-0.1, -0.05) is 0 Å². The fraction of sp³-hybridized carbons (Fsp3) is 0.533. The first-order valence-corrected chi connectivity index (χ1v) is 6.72. The molecule has 1 aliphatic rings. The van der Waals surface area contributed by atoms with Crippen molar-refractivity contribution < 1.29 is 23.4 Å². The van der Waals surface area contributed by atoms with Gasteiger partial charge < -0.3 is 14.7 Å². The molecular formula is C15H19F2NO3. The summed E-state index contributed by atoms with van der Waals surface area (Å²) in [6, 6.07) is 3.13. The second-order valence-electron chi connectivity index (χ2n) is 6.52.